The van der Waals surface area contributed by atoms with Gasteiger partial charge in [-0.15, -0.1) is 0 Å². The molecule has 1 heterocycles. The highest BCUT2D eigenvalue weighted by molar-refractivity contribution is 8.12. The summed E-state index contributed by atoms with van der Waals surface area (Å²) in [5, 5.41) is 0.143. The van der Waals surface area contributed by atoms with E-state index in [2.05, 4.69) is 24.9 Å². The molecule has 0 unspecified atom stereocenters. The Kier molecular flexibility index (Phi) is 4.65. The normalized spacial score (nSPS) is 20.0. The van der Waals surface area contributed by atoms with E-state index >= 15 is 0 Å². The Morgan fingerprint density at radius 3 is 2.14 bits per heavy atom. The van der Waals surface area contributed by atoms with Gasteiger partial charge >= 0.3 is 0 Å². The van der Waals surface area contributed by atoms with Gasteiger partial charge in [0.05, 0.1) is 6.54 Å². The number of hydrogen-bond acceptors (Lipinski definition) is 5. The molecule has 0 saturated carbocycles. The Labute approximate surface area is 134 Å². The van der Waals surface area contributed by atoms with Crippen molar-refractivity contribution in [3.8, 4) is 0 Å². The second kappa shape index (κ2) is 6.66. The molecule has 0 aromatic heterocycles. The number of thiol groups is 1. The first-order valence-corrected chi connectivity index (χ1v) is 7.96. The summed E-state index contributed by atoms with van der Waals surface area (Å²) < 4.78 is 3.67. The molecule has 0 spiro atoms. The highest BCUT2D eigenvalue weighted by atomic mass is 32.2. The molecule has 1 fully saturated rings. The highest BCUT2D eigenvalue weighted by Crippen LogP contribution is 2.33. The highest BCUT2D eigenvalue weighted by Gasteiger charge is 2.38. The molecule has 21 heavy (non-hydrogen) atoms. The van der Waals surface area contributed by atoms with E-state index in [1.54, 1.807) is 4.41 Å². The zero-order chi connectivity index (χ0) is 14.7. The van der Waals surface area contributed by atoms with Crippen LogP contribution >= 0.6 is 24.8 Å². The van der Waals surface area contributed by atoms with Crippen LogP contribution in [-0.2, 0) is 17.8 Å². The number of benzene rings is 2. The molecule has 2 aromatic carbocycles. The maximum Gasteiger partial charge on any atom is 0.225 e. The largest absolute Gasteiger partial charge is 0.284 e. The molecule has 0 amide bonds. The van der Waals surface area contributed by atoms with Crippen molar-refractivity contribution in [2.45, 2.75) is 19.0 Å². The molecule has 1 atom stereocenters. The van der Waals surface area contributed by atoms with E-state index in [-0.39, 0.29) is 11.2 Å². The van der Waals surface area contributed by atoms with Gasteiger partial charge in [-0.25, -0.2) is 0 Å². The van der Waals surface area contributed by atoms with Crippen LogP contribution in [0.3, 0.4) is 0 Å². The molecule has 5 heteroatoms. The van der Waals surface area contributed by atoms with Crippen LogP contribution < -0.4 is 0 Å². The van der Waals surface area contributed by atoms with Gasteiger partial charge in [-0.05, 0) is 17.5 Å². The lowest BCUT2D eigenvalue weighted by Crippen LogP contribution is -2.34. The number of carbonyl (C=O) groups is 1. The van der Waals surface area contributed by atoms with E-state index in [9.17, 15) is 4.79 Å². The molecule has 1 saturated heterocycles. The Bertz CT molecular complexity index is 606. The molecule has 0 N–H and O–H groups in total. The molecular weight excluding hydrogens is 300 g/mol. The van der Waals surface area contributed by atoms with Crippen molar-refractivity contribution in [2.75, 3.05) is 0 Å². The van der Waals surface area contributed by atoms with Crippen molar-refractivity contribution in [3.63, 3.8) is 0 Å². The van der Waals surface area contributed by atoms with Gasteiger partial charge < -0.3 is 0 Å². The Morgan fingerprint density at radius 1 is 0.952 bits per heavy atom. The zero-order valence-electron chi connectivity index (χ0n) is 11.4. The fourth-order valence-electron chi connectivity index (χ4n) is 2.30. The molecular formula is C16H16N2OS2. The quantitative estimate of drug-likeness (QED) is 0.690. The first-order chi connectivity index (χ1) is 10.2. The summed E-state index contributed by atoms with van der Waals surface area (Å²) in [5.41, 5.74) is 2.31. The Balaban J connectivity index is 1.69. The standard InChI is InChI=1S/C16H16N2OS2/c19-16-15(11-13-7-3-1-4-8-13)18(20)17(21-16)12-14-9-5-2-6-10-14/h1-10,15,20H,11-12H2/t15-/m1/s1. The van der Waals surface area contributed by atoms with E-state index in [1.807, 2.05) is 52.9 Å². The van der Waals surface area contributed by atoms with Crippen LogP contribution in [0.15, 0.2) is 60.7 Å². The third-order valence-corrected chi connectivity index (χ3v) is 4.99. The summed E-state index contributed by atoms with van der Waals surface area (Å²) >= 11 is 5.76. The fraction of sp³-hybridized carbons (Fsp3) is 0.188. The van der Waals surface area contributed by atoms with Crippen molar-refractivity contribution in [2.24, 2.45) is 0 Å². The van der Waals surface area contributed by atoms with E-state index < -0.39 is 0 Å². The second-order valence-corrected chi connectivity index (χ2v) is 6.35. The van der Waals surface area contributed by atoms with Crippen molar-refractivity contribution in [3.05, 3.63) is 71.8 Å². The summed E-state index contributed by atoms with van der Waals surface area (Å²) in [6.45, 7) is 0.673. The maximum absolute atomic E-state index is 12.2. The third-order valence-electron chi connectivity index (χ3n) is 3.41. The minimum Gasteiger partial charge on any atom is -0.284 e. The summed E-state index contributed by atoms with van der Waals surface area (Å²) in [5.74, 6) is 0. The maximum atomic E-state index is 12.2. The van der Waals surface area contributed by atoms with Crippen LogP contribution in [-0.4, -0.2) is 20.0 Å². The minimum absolute atomic E-state index is 0.143. The van der Waals surface area contributed by atoms with Crippen LogP contribution in [0, 0.1) is 0 Å². The van der Waals surface area contributed by atoms with E-state index in [4.69, 9.17) is 0 Å². The fourth-order valence-corrected chi connectivity index (χ4v) is 3.66. The smallest absolute Gasteiger partial charge is 0.225 e. The van der Waals surface area contributed by atoms with Gasteiger partial charge in [0.2, 0.25) is 5.12 Å². The third kappa shape index (κ3) is 3.49. The van der Waals surface area contributed by atoms with E-state index in [0.29, 0.717) is 13.0 Å². The number of hydrogen-bond donors (Lipinski definition) is 1. The average Bonchev–Trinajstić information content (AvgIpc) is 2.77. The molecule has 3 rings (SSSR count). The SMILES string of the molecule is O=C1SN(Cc2ccccc2)N(S)[C@@H]1Cc1ccccc1. The van der Waals surface area contributed by atoms with Gasteiger partial charge in [-0.1, -0.05) is 73.5 Å². The lowest BCUT2D eigenvalue weighted by Gasteiger charge is -2.24. The van der Waals surface area contributed by atoms with Crippen LogP contribution in [0.25, 0.3) is 0 Å². The average molecular weight is 316 g/mol. The predicted molar refractivity (Wildman–Crippen MR) is 89.3 cm³/mol. The van der Waals surface area contributed by atoms with Crippen LogP contribution in [0.2, 0.25) is 0 Å². The number of carbonyl (C=O) groups excluding carboxylic acids is 1. The molecule has 1 aliphatic rings. The van der Waals surface area contributed by atoms with E-state index in [1.165, 1.54) is 11.9 Å². The van der Waals surface area contributed by atoms with Gasteiger partial charge in [0, 0.05) is 11.9 Å². The summed E-state index contributed by atoms with van der Waals surface area (Å²) in [6, 6.07) is 19.9. The first-order valence-electron chi connectivity index (χ1n) is 6.79. The molecule has 2 aromatic rings. The topological polar surface area (TPSA) is 23.6 Å². The molecule has 1 aliphatic heterocycles. The monoisotopic (exact) mass is 316 g/mol. The van der Waals surface area contributed by atoms with Crippen molar-refractivity contribution < 1.29 is 4.79 Å². The zero-order valence-corrected chi connectivity index (χ0v) is 13.1. The summed E-state index contributed by atoms with van der Waals surface area (Å²) in [4.78, 5) is 12.2. The lowest BCUT2D eigenvalue weighted by atomic mass is 10.1. The molecule has 0 bridgehead atoms. The van der Waals surface area contributed by atoms with Gasteiger partial charge in [0.1, 0.15) is 6.04 Å². The lowest BCUT2D eigenvalue weighted by molar-refractivity contribution is -0.113. The van der Waals surface area contributed by atoms with Crippen LogP contribution in [0.5, 0.6) is 0 Å². The van der Waals surface area contributed by atoms with Crippen molar-refractivity contribution in [1.29, 1.82) is 0 Å². The van der Waals surface area contributed by atoms with E-state index in [0.717, 1.165) is 11.1 Å². The van der Waals surface area contributed by atoms with Crippen LogP contribution in [0.4, 0.5) is 0 Å². The van der Waals surface area contributed by atoms with Gasteiger partial charge in [0.25, 0.3) is 0 Å². The summed E-state index contributed by atoms with van der Waals surface area (Å²) in [7, 11) is 0. The first kappa shape index (κ1) is 14.7. The predicted octanol–water partition coefficient (Wildman–Crippen LogP) is 3.35. The Hall–Kier alpha value is -1.27. The van der Waals surface area contributed by atoms with Crippen molar-refractivity contribution >= 4 is 29.9 Å². The molecule has 0 aliphatic carbocycles. The van der Waals surface area contributed by atoms with Gasteiger partial charge in [0.15, 0.2) is 0 Å². The molecule has 0 radical (unpaired) electrons. The minimum atomic E-state index is -0.218. The van der Waals surface area contributed by atoms with Crippen molar-refractivity contribution in [1.82, 2.24) is 8.83 Å². The summed E-state index contributed by atoms with van der Waals surface area (Å²) in [6.07, 6.45) is 0.682. The number of rotatable bonds is 4. The number of hydrazine groups is 1. The molecule has 108 valence electrons. The van der Waals surface area contributed by atoms with Gasteiger partial charge in [-0.3, -0.25) is 4.79 Å². The molecule has 3 nitrogen and oxygen atoms in total. The van der Waals surface area contributed by atoms with Gasteiger partial charge in [-0.2, -0.15) is 8.83 Å². The second-order valence-electron chi connectivity index (χ2n) is 4.93. The Morgan fingerprint density at radius 2 is 1.52 bits per heavy atom. The number of nitrogens with zero attached hydrogens (tertiary/aromatic N) is 2. The van der Waals surface area contributed by atoms with Crippen LogP contribution in [0.1, 0.15) is 11.1 Å².